The van der Waals surface area contributed by atoms with Gasteiger partial charge in [0.2, 0.25) is 0 Å². The summed E-state index contributed by atoms with van der Waals surface area (Å²) in [5, 5.41) is 14.0. The second-order valence-corrected chi connectivity index (χ2v) is 13.9. The van der Waals surface area contributed by atoms with Crippen molar-refractivity contribution in [3.8, 4) is 0 Å². The van der Waals surface area contributed by atoms with Gasteiger partial charge in [0.25, 0.3) is 0 Å². The number of benzene rings is 1. The van der Waals surface area contributed by atoms with Crippen molar-refractivity contribution >= 4 is 22.7 Å². The van der Waals surface area contributed by atoms with Gasteiger partial charge in [-0.05, 0) is 107 Å². The highest BCUT2D eigenvalue weighted by molar-refractivity contribution is 5.96. The molecule has 1 aromatic heterocycles. The third kappa shape index (κ3) is 3.68. The van der Waals surface area contributed by atoms with E-state index in [2.05, 4.69) is 57.0 Å². The Morgan fingerprint density at radius 1 is 1.20 bits per heavy atom. The molecule has 2 saturated carbocycles. The van der Waals surface area contributed by atoms with E-state index in [1.54, 1.807) is 19.9 Å². The maximum Gasteiger partial charge on any atom is 0.303 e. The van der Waals surface area contributed by atoms with E-state index in [1.807, 2.05) is 0 Å². The van der Waals surface area contributed by atoms with Crippen molar-refractivity contribution in [2.24, 2.45) is 11.3 Å². The van der Waals surface area contributed by atoms with E-state index in [4.69, 9.17) is 9.47 Å². The van der Waals surface area contributed by atoms with Crippen LogP contribution in [0.3, 0.4) is 0 Å². The Morgan fingerprint density at radius 2 is 1.95 bits per heavy atom. The molecule has 0 radical (unpaired) electrons. The monoisotopic (exact) mass is 545 g/mol. The van der Waals surface area contributed by atoms with Crippen molar-refractivity contribution in [3.63, 3.8) is 0 Å². The lowest BCUT2D eigenvalue weighted by Gasteiger charge is -2.64. The fourth-order valence-electron chi connectivity index (χ4n) is 8.77. The second kappa shape index (κ2) is 8.90. The third-order valence-electron chi connectivity index (χ3n) is 11.0. The standard InChI is InChI=1S/C34H43NO5/c1-19(2)8-9-21-10-11-26-23(16-21)24-17-22-12-15-34(38)25-18-27(37)30(31(4,5)40-20(3)36)39-28(25)13-14-32(34,6)33(22,7)29(24)35-26/h8,10-11,16,18,22,28,30,35,38H,9,12-15,17H2,1-7H3/t22-,28-,30?,32+,33+,34+/m0/s1. The van der Waals surface area contributed by atoms with Crippen molar-refractivity contribution in [1.29, 1.82) is 0 Å². The Hall–Kier alpha value is -2.70. The molecule has 1 aliphatic heterocycles. The van der Waals surface area contributed by atoms with E-state index >= 15 is 0 Å². The molecule has 1 aromatic carbocycles. The average Bonchev–Trinajstić information content (AvgIpc) is 3.37. The molecular weight excluding hydrogens is 502 g/mol. The van der Waals surface area contributed by atoms with E-state index in [0.717, 1.165) is 31.2 Å². The zero-order valence-corrected chi connectivity index (χ0v) is 24.9. The Labute approximate surface area is 237 Å². The largest absolute Gasteiger partial charge is 0.457 e. The lowest BCUT2D eigenvalue weighted by Crippen LogP contribution is -2.68. The molecule has 6 rings (SSSR count). The summed E-state index contributed by atoms with van der Waals surface area (Å²) in [6.07, 6.45) is 7.52. The number of hydrogen-bond donors (Lipinski definition) is 2. The molecule has 2 aromatic rings. The second-order valence-electron chi connectivity index (χ2n) is 13.9. The molecule has 4 aliphatic rings. The minimum atomic E-state index is -1.17. The first-order valence-electron chi connectivity index (χ1n) is 14.8. The molecule has 2 fully saturated rings. The van der Waals surface area contributed by atoms with Crippen LogP contribution in [0.25, 0.3) is 10.9 Å². The molecule has 3 aliphatic carbocycles. The predicted molar refractivity (Wildman–Crippen MR) is 155 cm³/mol. The predicted octanol–water partition coefficient (Wildman–Crippen LogP) is 6.04. The highest BCUT2D eigenvalue weighted by atomic mass is 16.6. The van der Waals surface area contributed by atoms with Crippen molar-refractivity contribution in [3.05, 3.63) is 58.3 Å². The van der Waals surface area contributed by atoms with Gasteiger partial charge in [0.1, 0.15) is 5.60 Å². The molecule has 6 heteroatoms. The number of esters is 1. The maximum atomic E-state index is 13.4. The van der Waals surface area contributed by atoms with Gasteiger partial charge < -0.3 is 19.6 Å². The van der Waals surface area contributed by atoms with Gasteiger partial charge in [-0.15, -0.1) is 0 Å². The zero-order valence-electron chi connectivity index (χ0n) is 24.9. The van der Waals surface area contributed by atoms with Crippen LogP contribution in [0.15, 0.2) is 41.5 Å². The molecule has 40 heavy (non-hydrogen) atoms. The summed E-state index contributed by atoms with van der Waals surface area (Å²) in [4.78, 5) is 29.0. The Balaban J connectivity index is 1.40. The van der Waals surface area contributed by atoms with Gasteiger partial charge in [-0.25, -0.2) is 0 Å². The van der Waals surface area contributed by atoms with E-state index in [1.165, 1.54) is 34.7 Å². The molecule has 0 saturated heterocycles. The van der Waals surface area contributed by atoms with Crippen LogP contribution in [-0.4, -0.2) is 45.3 Å². The molecule has 2 N–H and O–H groups in total. The summed E-state index contributed by atoms with van der Waals surface area (Å²) in [6, 6.07) is 6.76. The van der Waals surface area contributed by atoms with Gasteiger partial charge in [-0.3, -0.25) is 9.59 Å². The minimum Gasteiger partial charge on any atom is -0.457 e. The maximum absolute atomic E-state index is 13.4. The summed E-state index contributed by atoms with van der Waals surface area (Å²) >= 11 is 0. The molecule has 0 bridgehead atoms. The quantitative estimate of drug-likeness (QED) is 0.361. The number of aromatic amines is 1. The van der Waals surface area contributed by atoms with Crippen molar-refractivity contribution in [2.75, 3.05) is 0 Å². The van der Waals surface area contributed by atoms with Crippen LogP contribution in [0.4, 0.5) is 0 Å². The smallest absolute Gasteiger partial charge is 0.303 e. The van der Waals surface area contributed by atoms with Crippen LogP contribution in [0.1, 0.15) is 91.0 Å². The van der Waals surface area contributed by atoms with E-state index in [0.29, 0.717) is 24.3 Å². The SMILES string of the molecule is CC(=O)OC(C)(C)C1O[C@H]2CC[C@@]3(C)[C@@](O)(CC[C@H]4Cc5c([nH]c6ccc(CC=C(C)C)cc56)[C@@]43C)C2=CC1=O. The first kappa shape index (κ1) is 27.5. The number of allylic oxidation sites excluding steroid dienone is 2. The Morgan fingerprint density at radius 3 is 2.65 bits per heavy atom. The Kier molecular flexibility index (Phi) is 6.11. The first-order chi connectivity index (χ1) is 18.7. The van der Waals surface area contributed by atoms with Crippen LogP contribution >= 0.6 is 0 Å². The number of hydrogen-bond acceptors (Lipinski definition) is 5. The number of ether oxygens (including phenoxy) is 2. The van der Waals surface area contributed by atoms with Gasteiger partial charge in [0.15, 0.2) is 11.9 Å². The summed E-state index contributed by atoms with van der Waals surface area (Å²) in [5.41, 5.74) is 4.12. The number of H-pyrrole nitrogens is 1. The third-order valence-corrected chi connectivity index (χ3v) is 11.0. The molecule has 214 valence electrons. The number of aliphatic hydroxyl groups is 1. The van der Waals surface area contributed by atoms with Crippen LogP contribution in [-0.2, 0) is 37.3 Å². The lowest BCUT2D eigenvalue weighted by atomic mass is 9.42. The summed E-state index contributed by atoms with van der Waals surface area (Å²) in [5.74, 6) is -0.279. The van der Waals surface area contributed by atoms with Crippen molar-refractivity contribution in [1.82, 2.24) is 4.98 Å². The van der Waals surface area contributed by atoms with E-state index in [-0.39, 0.29) is 17.3 Å². The van der Waals surface area contributed by atoms with E-state index in [9.17, 15) is 14.7 Å². The lowest BCUT2D eigenvalue weighted by molar-refractivity contribution is -0.202. The van der Waals surface area contributed by atoms with E-state index < -0.39 is 28.7 Å². The summed E-state index contributed by atoms with van der Waals surface area (Å²) < 4.78 is 11.8. The summed E-state index contributed by atoms with van der Waals surface area (Å²) in [6.45, 7) is 13.6. The van der Waals surface area contributed by atoms with Crippen LogP contribution < -0.4 is 0 Å². The molecule has 6 atom stereocenters. The van der Waals surface area contributed by atoms with Crippen LogP contribution in [0.5, 0.6) is 0 Å². The van der Waals surface area contributed by atoms with Gasteiger partial charge in [0.05, 0.1) is 11.7 Å². The normalized spacial score (nSPS) is 34.9. The van der Waals surface area contributed by atoms with Gasteiger partial charge in [-0.1, -0.05) is 31.6 Å². The number of aromatic nitrogens is 1. The number of carbonyl (C=O) groups excluding carboxylic acids is 2. The molecular formula is C34H43NO5. The van der Waals surface area contributed by atoms with Gasteiger partial charge in [-0.2, -0.15) is 0 Å². The van der Waals surface area contributed by atoms with Crippen molar-refractivity contribution < 1.29 is 24.2 Å². The molecule has 1 unspecified atom stereocenters. The Bertz CT molecular complexity index is 1470. The minimum absolute atomic E-state index is 0.246. The number of nitrogens with one attached hydrogen (secondary N) is 1. The fraction of sp³-hybridized carbons (Fsp3) is 0.588. The highest BCUT2D eigenvalue weighted by Gasteiger charge is 2.70. The zero-order chi connectivity index (χ0) is 28.8. The molecule has 0 amide bonds. The topological polar surface area (TPSA) is 88.6 Å². The summed E-state index contributed by atoms with van der Waals surface area (Å²) in [7, 11) is 0. The first-order valence-corrected chi connectivity index (χ1v) is 14.8. The van der Waals surface area contributed by atoms with Gasteiger partial charge >= 0.3 is 5.97 Å². The number of carbonyl (C=O) groups is 2. The molecule has 6 nitrogen and oxygen atoms in total. The highest BCUT2D eigenvalue weighted by Crippen LogP contribution is 2.69. The fourth-order valence-corrected chi connectivity index (χ4v) is 8.77. The van der Waals surface area contributed by atoms with Gasteiger partial charge in [0, 0.05) is 34.4 Å². The molecule has 0 spiro atoms. The average molecular weight is 546 g/mol. The number of ketones is 1. The number of rotatable bonds is 4. The van der Waals surface area contributed by atoms with Crippen molar-refractivity contribution in [2.45, 2.75) is 116 Å². The van der Waals surface area contributed by atoms with Crippen LogP contribution in [0, 0.1) is 11.3 Å². The molecule has 2 heterocycles. The van der Waals surface area contributed by atoms with Crippen LogP contribution in [0.2, 0.25) is 0 Å². The number of fused-ring (bicyclic) bond motifs is 9.